The Hall–Kier alpha value is 0.324. The van der Waals surface area contributed by atoms with Crippen LogP contribution < -0.4 is 0 Å². The molecule has 0 saturated carbocycles. The van der Waals surface area contributed by atoms with Crippen molar-refractivity contribution in [1.82, 2.24) is 0 Å². The predicted molar refractivity (Wildman–Crippen MR) is 31.2 cm³/mol. The molecule has 0 nitrogen and oxygen atoms in total. The van der Waals surface area contributed by atoms with Gasteiger partial charge in [0, 0.05) is 0 Å². The molecular weight excluding hydrogens is 173 g/mol. The second-order valence-electron chi connectivity index (χ2n) is 1.65. The van der Waals surface area contributed by atoms with Gasteiger partial charge in [-0.2, -0.15) is 0 Å². The standard InChI is InChI=1S/C7H8.Y/c1-7-5-3-2-4-6-7;/h2-6H,1H3;/q;+3. The monoisotopic (exact) mass is 181 g/mol. The number of rotatable bonds is 0. The van der Waals surface area contributed by atoms with Crippen molar-refractivity contribution in [2.75, 3.05) is 0 Å². The molecule has 0 atom stereocenters. The van der Waals surface area contributed by atoms with E-state index in [4.69, 9.17) is 0 Å². The SMILES string of the molecule is Cc1ccccc1.[Y+3]. The molecule has 0 fully saturated rings. The first-order valence-electron chi connectivity index (χ1n) is 2.41. The van der Waals surface area contributed by atoms with Gasteiger partial charge in [-0.25, -0.2) is 0 Å². The Morgan fingerprint density at radius 3 is 1.75 bits per heavy atom. The van der Waals surface area contributed by atoms with Gasteiger partial charge in [0.05, 0.1) is 0 Å². The molecule has 8 heavy (non-hydrogen) atoms. The van der Waals surface area contributed by atoms with Gasteiger partial charge in [0.25, 0.3) is 0 Å². The van der Waals surface area contributed by atoms with Gasteiger partial charge in [-0.05, 0) is 6.92 Å². The summed E-state index contributed by atoms with van der Waals surface area (Å²) in [5.41, 5.74) is 1.32. The van der Waals surface area contributed by atoms with Crippen LogP contribution in [0.5, 0.6) is 0 Å². The van der Waals surface area contributed by atoms with Gasteiger partial charge in [0.2, 0.25) is 0 Å². The van der Waals surface area contributed by atoms with Crippen molar-refractivity contribution >= 4 is 0 Å². The minimum absolute atomic E-state index is 0. The van der Waals surface area contributed by atoms with Crippen LogP contribution in [-0.2, 0) is 32.7 Å². The molecule has 36 valence electrons. The molecule has 0 bridgehead atoms. The number of benzene rings is 1. The fourth-order valence-corrected chi connectivity index (χ4v) is 0.534. The third kappa shape index (κ3) is 2.59. The van der Waals surface area contributed by atoms with E-state index in [1.54, 1.807) is 0 Å². The van der Waals surface area contributed by atoms with Crippen molar-refractivity contribution in [2.24, 2.45) is 0 Å². The topological polar surface area (TPSA) is 0 Å². The van der Waals surface area contributed by atoms with E-state index in [1.807, 2.05) is 18.2 Å². The maximum absolute atomic E-state index is 2.08. The Bertz CT molecular complexity index is 134. The van der Waals surface area contributed by atoms with E-state index < -0.39 is 0 Å². The summed E-state index contributed by atoms with van der Waals surface area (Å²) >= 11 is 0. The molecule has 1 heteroatoms. The van der Waals surface area contributed by atoms with Crippen molar-refractivity contribution in [3.05, 3.63) is 35.9 Å². The van der Waals surface area contributed by atoms with Crippen LogP contribution in [0.15, 0.2) is 30.3 Å². The zero-order valence-corrected chi connectivity index (χ0v) is 7.80. The maximum Gasteiger partial charge on any atom is 3.00 e. The Labute approximate surface area is 75.2 Å². The summed E-state index contributed by atoms with van der Waals surface area (Å²) in [6.07, 6.45) is 0. The van der Waals surface area contributed by atoms with Gasteiger partial charge >= 0.3 is 32.7 Å². The van der Waals surface area contributed by atoms with Crippen molar-refractivity contribution in [3.63, 3.8) is 0 Å². The third-order valence-corrected chi connectivity index (χ3v) is 0.940. The minimum Gasteiger partial charge on any atom is -0.0622 e. The number of aryl methyl sites for hydroxylation is 1. The first kappa shape index (κ1) is 8.32. The Balaban J connectivity index is 0.000000490. The van der Waals surface area contributed by atoms with Crippen LogP contribution in [0.1, 0.15) is 5.56 Å². The van der Waals surface area contributed by atoms with E-state index in [-0.39, 0.29) is 32.7 Å². The van der Waals surface area contributed by atoms with Crippen LogP contribution in [-0.4, -0.2) is 0 Å². The van der Waals surface area contributed by atoms with Crippen LogP contribution in [0.2, 0.25) is 0 Å². The average Bonchev–Trinajstić information content (AvgIpc) is 1.69. The summed E-state index contributed by atoms with van der Waals surface area (Å²) in [6.45, 7) is 2.08. The molecule has 0 amide bonds. The summed E-state index contributed by atoms with van der Waals surface area (Å²) < 4.78 is 0. The van der Waals surface area contributed by atoms with E-state index in [0.29, 0.717) is 0 Å². The van der Waals surface area contributed by atoms with Crippen molar-refractivity contribution in [1.29, 1.82) is 0 Å². The number of hydrogen-bond acceptors (Lipinski definition) is 0. The van der Waals surface area contributed by atoms with E-state index in [1.165, 1.54) is 5.56 Å². The summed E-state index contributed by atoms with van der Waals surface area (Å²) in [6, 6.07) is 10.3. The molecule has 0 unspecified atom stereocenters. The fraction of sp³-hybridized carbons (Fsp3) is 0.143. The maximum atomic E-state index is 2.08. The average molecular weight is 181 g/mol. The summed E-state index contributed by atoms with van der Waals surface area (Å²) in [7, 11) is 0. The normalized spacial score (nSPS) is 7.62. The van der Waals surface area contributed by atoms with Crippen LogP contribution in [0.4, 0.5) is 0 Å². The molecule has 0 heterocycles. The fourth-order valence-electron chi connectivity index (χ4n) is 0.534. The van der Waals surface area contributed by atoms with Crippen LogP contribution in [0.3, 0.4) is 0 Å². The van der Waals surface area contributed by atoms with Gasteiger partial charge in [0.15, 0.2) is 0 Å². The summed E-state index contributed by atoms with van der Waals surface area (Å²) in [5, 5.41) is 0. The molecule has 0 spiro atoms. The molecule has 0 aromatic heterocycles. The zero-order chi connectivity index (χ0) is 5.11. The summed E-state index contributed by atoms with van der Waals surface area (Å²) in [5.74, 6) is 0. The molecular formula is C7H8Y+3. The third-order valence-electron chi connectivity index (χ3n) is 0.940. The Morgan fingerprint density at radius 1 is 1.00 bits per heavy atom. The first-order valence-corrected chi connectivity index (χ1v) is 2.41. The van der Waals surface area contributed by atoms with E-state index in [0.717, 1.165) is 0 Å². The van der Waals surface area contributed by atoms with Gasteiger partial charge in [0.1, 0.15) is 0 Å². The van der Waals surface area contributed by atoms with Crippen LogP contribution in [0.25, 0.3) is 0 Å². The van der Waals surface area contributed by atoms with Crippen LogP contribution in [0, 0.1) is 6.92 Å². The number of hydrogen-bond donors (Lipinski definition) is 0. The quantitative estimate of drug-likeness (QED) is 0.574. The van der Waals surface area contributed by atoms with Crippen molar-refractivity contribution in [2.45, 2.75) is 6.92 Å². The molecule has 1 aromatic rings. The largest absolute Gasteiger partial charge is 3.00 e. The molecule has 0 radical (unpaired) electrons. The predicted octanol–water partition coefficient (Wildman–Crippen LogP) is 1.99. The van der Waals surface area contributed by atoms with Gasteiger partial charge in [-0.1, -0.05) is 35.9 Å². The van der Waals surface area contributed by atoms with E-state index >= 15 is 0 Å². The van der Waals surface area contributed by atoms with Crippen molar-refractivity contribution < 1.29 is 32.7 Å². The molecule has 0 aliphatic heterocycles. The Morgan fingerprint density at radius 2 is 1.50 bits per heavy atom. The molecule has 0 saturated heterocycles. The van der Waals surface area contributed by atoms with Gasteiger partial charge in [-0.15, -0.1) is 0 Å². The van der Waals surface area contributed by atoms with Gasteiger partial charge < -0.3 is 0 Å². The minimum atomic E-state index is 0. The Kier molecular flexibility index (Phi) is 4.40. The molecule has 1 aromatic carbocycles. The molecule has 1 rings (SSSR count). The smallest absolute Gasteiger partial charge is 0.0622 e. The second kappa shape index (κ2) is 4.23. The molecule has 0 N–H and O–H groups in total. The zero-order valence-electron chi connectivity index (χ0n) is 4.96. The molecule has 0 aliphatic carbocycles. The van der Waals surface area contributed by atoms with E-state index in [9.17, 15) is 0 Å². The van der Waals surface area contributed by atoms with Crippen molar-refractivity contribution in [3.8, 4) is 0 Å². The summed E-state index contributed by atoms with van der Waals surface area (Å²) in [4.78, 5) is 0. The van der Waals surface area contributed by atoms with Crippen LogP contribution >= 0.6 is 0 Å². The molecule has 0 aliphatic rings. The van der Waals surface area contributed by atoms with E-state index in [2.05, 4.69) is 19.1 Å². The second-order valence-corrected chi connectivity index (χ2v) is 1.65. The van der Waals surface area contributed by atoms with Gasteiger partial charge in [-0.3, -0.25) is 0 Å². The first-order chi connectivity index (χ1) is 3.39.